The number of hydrogen-bond donors (Lipinski definition) is 2. The Labute approximate surface area is 123 Å². The van der Waals surface area contributed by atoms with Crippen molar-refractivity contribution in [2.24, 2.45) is 0 Å². The monoisotopic (exact) mass is 298 g/mol. The van der Waals surface area contributed by atoms with Gasteiger partial charge < -0.3 is 20.7 Å². The quantitative estimate of drug-likeness (QED) is 0.797. The zero-order valence-corrected chi connectivity index (χ0v) is 13.0. The lowest BCUT2D eigenvalue weighted by Crippen LogP contribution is -2.34. The number of ether oxygens (including phenoxy) is 1. The minimum absolute atomic E-state index is 0.0722. The number of aromatic nitrogens is 1. The molecule has 1 amide bonds. The van der Waals surface area contributed by atoms with E-state index in [2.05, 4.69) is 14.6 Å². The third-order valence-electron chi connectivity index (χ3n) is 3.13. The SMILES string of the molecule is COCCN(c1snc(N)c1C(=O)NC(C)C)C1CC1. The lowest BCUT2D eigenvalue weighted by molar-refractivity contribution is 0.0944. The number of carbonyl (C=O) groups excluding carboxylic acids is 1. The summed E-state index contributed by atoms with van der Waals surface area (Å²) < 4.78 is 9.31. The van der Waals surface area contributed by atoms with Crippen LogP contribution in [0.5, 0.6) is 0 Å². The Morgan fingerprint density at radius 1 is 1.60 bits per heavy atom. The fourth-order valence-corrected chi connectivity index (χ4v) is 2.97. The van der Waals surface area contributed by atoms with E-state index in [1.165, 1.54) is 11.5 Å². The van der Waals surface area contributed by atoms with Crippen LogP contribution in [0, 0.1) is 0 Å². The van der Waals surface area contributed by atoms with Gasteiger partial charge in [-0.25, -0.2) is 0 Å². The first-order valence-electron chi connectivity index (χ1n) is 6.86. The molecule has 0 radical (unpaired) electrons. The van der Waals surface area contributed by atoms with Crippen LogP contribution in [0.2, 0.25) is 0 Å². The molecule has 1 heterocycles. The molecule has 7 heteroatoms. The molecule has 0 unspecified atom stereocenters. The molecule has 0 spiro atoms. The molecular formula is C13H22N4O2S. The Bertz CT molecular complexity index is 471. The highest BCUT2D eigenvalue weighted by molar-refractivity contribution is 7.11. The van der Waals surface area contributed by atoms with Gasteiger partial charge in [-0.2, -0.15) is 4.37 Å². The molecule has 0 bridgehead atoms. The van der Waals surface area contributed by atoms with Crippen molar-refractivity contribution >= 4 is 28.3 Å². The summed E-state index contributed by atoms with van der Waals surface area (Å²) in [5, 5.41) is 3.75. The van der Waals surface area contributed by atoms with Crippen molar-refractivity contribution in [3.8, 4) is 0 Å². The van der Waals surface area contributed by atoms with E-state index in [0.29, 0.717) is 24.0 Å². The lowest BCUT2D eigenvalue weighted by Gasteiger charge is -2.23. The zero-order valence-electron chi connectivity index (χ0n) is 12.2. The lowest BCUT2D eigenvalue weighted by atomic mass is 10.2. The molecule has 0 aromatic carbocycles. The number of nitrogens with one attached hydrogen (secondary N) is 1. The predicted molar refractivity (Wildman–Crippen MR) is 81.4 cm³/mol. The van der Waals surface area contributed by atoms with Crippen LogP contribution in [0.3, 0.4) is 0 Å². The van der Waals surface area contributed by atoms with Crippen LogP contribution in [0.25, 0.3) is 0 Å². The molecule has 112 valence electrons. The zero-order chi connectivity index (χ0) is 14.7. The summed E-state index contributed by atoms with van der Waals surface area (Å²) >= 11 is 1.29. The fraction of sp³-hybridized carbons (Fsp3) is 0.692. The molecule has 1 aromatic heterocycles. The smallest absolute Gasteiger partial charge is 0.258 e. The number of rotatable bonds is 7. The van der Waals surface area contributed by atoms with Crippen molar-refractivity contribution < 1.29 is 9.53 Å². The Balaban J connectivity index is 2.23. The van der Waals surface area contributed by atoms with Crippen molar-refractivity contribution in [3.05, 3.63) is 5.56 Å². The Morgan fingerprint density at radius 2 is 2.30 bits per heavy atom. The second-order valence-corrected chi connectivity index (χ2v) is 6.05. The number of nitrogen functional groups attached to an aromatic ring is 1. The van der Waals surface area contributed by atoms with E-state index in [-0.39, 0.29) is 11.9 Å². The van der Waals surface area contributed by atoms with Gasteiger partial charge in [-0.3, -0.25) is 4.79 Å². The molecule has 1 aliphatic rings. The van der Waals surface area contributed by atoms with Crippen molar-refractivity contribution in [2.75, 3.05) is 30.9 Å². The summed E-state index contributed by atoms with van der Waals surface area (Å²) in [7, 11) is 1.68. The van der Waals surface area contributed by atoms with Gasteiger partial charge in [0.05, 0.1) is 6.61 Å². The van der Waals surface area contributed by atoms with Gasteiger partial charge in [0.1, 0.15) is 10.6 Å². The number of carbonyl (C=O) groups is 1. The third-order valence-corrected chi connectivity index (χ3v) is 4.03. The van der Waals surface area contributed by atoms with Gasteiger partial charge >= 0.3 is 0 Å². The number of nitrogens with zero attached hydrogens (tertiary/aromatic N) is 2. The van der Waals surface area contributed by atoms with Crippen molar-refractivity contribution in [2.45, 2.75) is 38.8 Å². The number of anilines is 2. The maximum atomic E-state index is 12.3. The molecule has 3 N–H and O–H groups in total. The van der Waals surface area contributed by atoms with E-state index in [9.17, 15) is 4.79 Å². The number of amides is 1. The van der Waals surface area contributed by atoms with Crippen molar-refractivity contribution in [3.63, 3.8) is 0 Å². The van der Waals surface area contributed by atoms with Crippen LogP contribution >= 0.6 is 11.5 Å². The average molecular weight is 298 g/mol. The standard InChI is InChI=1S/C13H22N4O2S/c1-8(2)15-12(18)10-11(14)16-20-13(10)17(6-7-19-3)9-4-5-9/h8-9H,4-7H2,1-3H3,(H2,14,16)(H,15,18). The van der Waals surface area contributed by atoms with Gasteiger partial charge in [0.15, 0.2) is 5.82 Å². The fourth-order valence-electron chi connectivity index (χ4n) is 2.06. The first-order valence-corrected chi connectivity index (χ1v) is 7.63. The van der Waals surface area contributed by atoms with Crippen LogP contribution in [-0.2, 0) is 4.74 Å². The molecule has 0 saturated heterocycles. The van der Waals surface area contributed by atoms with Crippen LogP contribution in [0.4, 0.5) is 10.8 Å². The van der Waals surface area contributed by atoms with Gasteiger partial charge in [-0.15, -0.1) is 0 Å². The maximum Gasteiger partial charge on any atom is 0.258 e. The second-order valence-electron chi connectivity index (χ2n) is 5.29. The molecule has 0 atom stereocenters. The molecule has 1 aromatic rings. The van der Waals surface area contributed by atoms with E-state index in [4.69, 9.17) is 10.5 Å². The number of hydrogen-bond acceptors (Lipinski definition) is 6. The Hall–Kier alpha value is -1.34. The minimum atomic E-state index is -0.149. The first-order chi connectivity index (χ1) is 9.54. The van der Waals surface area contributed by atoms with Gasteiger partial charge in [0.25, 0.3) is 5.91 Å². The van der Waals surface area contributed by atoms with E-state index < -0.39 is 0 Å². The third kappa shape index (κ3) is 3.40. The normalized spacial score (nSPS) is 14.6. The van der Waals surface area contributed by atoms with E-state index >= 15 is 0 Å². The van der Waals surface area contributed by atoms with Gasteiger partial charge in [-0.1, -0.05) is 0 Å². The summed E-state index contributed by atoms with van der Waals surface area (Å²) in [6, 6.07) is 0.554. The summed E-state index contributed by atoms with van der Waals surface area (Å²) in [5.41, 5.74) is 6.39. The largest absolute Gasteiger partial charge is 0.383 e. The maximum absolute atomic E-state index is 12.3. The van der Waals surface area contributed by atoms with E-state index in [0.717, 1.165) is 24.4 Å². The van der Waals surface area contributed by atoms with Crippen LogP contribution < -0.4 is 16.0 Å². The Kier molecular flexibility index (Phi) is 4.82. The highest BCUT2D eigenvalue weighted by Crippen LogP contribution is 2.38. The summed E-state index contributed by atoms with van der Waals surface area (Å²) in [6.45, 7) is 5.23. The van der Waals surface area contributed by atoms with Gasteiger partial charge in [0, 0.05) is 25.7 Å². The van der Waals surface area contributed by atoms with E-state index in [1.807, 2.05) is 13.8 Å². The summed E-state index contributed by atoms with van der Waals surface area (Å²) in [4.78, 5) is 14.5. The molecule has 20 heavy (non-hydrogen) atoms. The minimum Gasteiger partial charge on any atom is -0.383 e. The average Bonchev–Trinajstić information content (AvgIpc) is 3.13. The van der Waals surface area contributed by atoms with Gasteiger partial charge in [-0.05, 0) is 38.2 Å². The van der Waals surface area contributed by atoms with Crippen molar-refractivity contribution in [1.29, 1.82) is 0 Å². The highest BCUT2D eigenvalue weighted by Gasteiger charge is 2.33. The number of methoxy groups -OCH3 is 1. The van der Waals surface area contributed by atoms with Gasteiger partial charge in [0.2, 0.25) is 0 Å². The molecule has 1 fully saturated rings. The summed E-state index contributed by atoms with van der Waals surface area (Å²) in [5.74, 6) is 0.163. The van der Waals surface area contributed by atoms with Crippen molar-refractivity contribution in [1.82, 2.24) is 9.69 Å². The molecule has 0 aliphatic heterocycles. The number of nitrogens with two attached hydrogens (primary N) is 1. The topological polar surface area (TPSA) is 80.5 Å². The van der Waals surface area contributed by atoms with E-state index in [1.54, 1.807) is 7.11 Å². The van der Waals surface area contributed by atoms with Crippen LogP contribution in [-0.4, -0.2) is 42.6 Å². The molecule has 1 saturated carbocycles. The molecular weight excluding hydrogens is 276 g/mol. The second kappa shape index (κ2) is 6.41. The Morgan fingerprint density at radius 3 is 2.85 bits per heavy atom. The first kappa shape index (κ1) is 15.1. The molecule has 1 aliphatic carbocycles. The highest BCUT2D eigenvalue weighted by atomic mass is 32.1. The summed E-state index contributed by atoms with van der Waals surface area (Å²) in [6.07, 6.45) is 2.29. The predicted octanol–water partition coefficient (Wildman–Crippen LogP) is 1.48. The molecule has 2 rings (SSSR count). The van der Waals surface area contributed by atoms with Crippen LogP contribution in [0.15, 0.2) is 0 Å². The molecule has 6 nitrogen and oxygen atoms in total. The van der Waals surface area contributed by atoms with Crippen LogP contribution in [0.1, 0.15) is 37.0 Å².